The molecule has 0 radical (unpaired) electrons. The highest BCUT2D eigenvalue weighted by Gasteiger charge is 2.31. The van der Waals surface area contributed by atoms with Crippen LogP contribution in [0.25, 0.3) is 0 Å². The van der Waals surface area contributed by atoms with Crippen LogP contribution in [0.15, 0.2) is 12.1 Å². The number of likely N-dealkylation sites (tertiary alicyclic amines) is 1. The van der Waals surface area contributed by atoms with Crippen molar-refractivity contribution in [3.05, 3.63) is 27.9 Å². The van der Waals surface area contributed by atoms with E-state index in [0.717, 1.165) is 6.42 Å². The molecule has 0 aromatic carbocycles. The molecular weight excluding hydrogens is 314 g/mol. The Balaban J connectivity index is 2.18. The van der Waals surface area contributed by atoms with Gasteiger partial charge in [-0.2, -0.15) is 0 Å². The molecule has 0 spiro atoms. The maximum absolute atomic E-state index is 12.4. The summed E-state index contributed by atoms with van der Waals surface area (Å²) in [5.74, 6) is 0.182. The summed E-state index contributed by atoms with van der Waals surface area (Å²) in [4.78, 5) is 24.9. The lowest BCUT2D eigenvalue weighted by atomic mass is 10.00. The standard InChI is InChI=1S/C12H16BrN3O3/c1-8-7-15(6-5-9(8)13)12(17)10-3-4-11(14(10)2)16(18)19/h3-4,8-9H,5-7H2,1-2H3. The van der Waals surface area contributed by atoms with Crippen molar-refractivity contribution in [1.82, 2.24) is 9.47 Å². The number of amides is 1. The number of halogens is 1. The monoisotopic (exact) mass is 329 g/mol. The maximum atomic E-state index is 12.4. The number of nitro groups is 1. The molecule has 1 saturated heterocycles. The molecule has 0 bridgehead atoms. The Morgan fingerprint density at radius 1 is 1.53 bits per heavy atom. The normalized spacial score (nSPS) is 23.4. The van der Waals surface area contributed by atoms with Crippen LogP contribution >= 0.6 is 15.9 Å². The van der Waals surface area contributed by atoms with Crippen LogP contribution in [0.5, 0.6) is 0 Å². The number of hydrogen-bond donors (Lipinski definition) is 0. The van der Waals surface area contributed by atoms with Gasteiger partial charge in [-0.25, -0.2) is 4.57 Å². The molecule has 2 atom stereocenters. The van der Waals surface area contributed by atoms with Gasteiger partial charge in [0.05, 0.1) is 7.05 Å². The van der Waals surface area contributed by atoms with Gasteiger partial charge in [-0.3, -0.25) is 4.79 Å². The van der Waals surface area contributed by atoms with E-state index in [1.54, 1.807) is 11.9 Å². The molecule has 19 heavy (non-hydrogen) atoms. The molecule has 1 aromatic heterocycles. The van der Waals surface area contributed by atoms with E-state index in [4.69, 9.17) is 0 Å². The van der Waals surface area contributed by atoms with Crippen molar-refractivity contribution < 1.29 is 9.72 Å². The highest BCUT2D eigenvalue weighted by atomic mass is 79.9. The molecule has 1 amide bonds. The topological polar surface area (TPSA) is 68.4 Å². The fraction of sp³-hybridized carbons (Fsp3) is 0.583. The van der Waals surface area contributed by atoms with E-state index in [1.165, 1.54) is 16.7 Å². The number of carbonyl (C=O) groups excluding carboxylic acids is 1. The minimum absolute atomic E-state index is 0.0632. The number of carbonyl (C=O) groups is 1. The van der Waals surface area contributed by atoms with Gasteiger partial charge in [0.15, 0.2) is 5.69 Å². The molecular formula is C12H16BrN3O3. The summed E-state index contributed by atoms with van der Waals surface area (Å²) >= 11 is 3.59. The van der Waals surface area contributed by atoms with Crippen LogP contribution < -0.4 is 0 Å². The third-order valence-corrected chi connectivity index (χ3v) is 4.95. The van der Waals surface area contributed by atoms with E-state index >= 15 is 0 Å². The van der Waals surface area contributed by atoms with E-state index in [2.05, 4.69) is 22.9 Å². The average molecular weight is 330 g/mol. The number of nitrogens with zero attached hydrogens (tertiary/aromatic N) is 3. The summed E-state index contributed by atoms with van der Waals surface area (Å²) in [6.07, 6.45) is 0.902. The maximum Gasteiger partial charge on any atom is 0.323 e. The molecule has 2 unspecified atom stereocenters. The third-order valence-electron chi connectivity index (χ3n) is 3.59. The zero-order valence-electron chi connectivity index (χ0n) is 10.9. The lowest BCUT2D eigenvalue weighted by Crippen LogP contribution is -2.43. The van der Waals surface area contributed by atoms with Gasteiger partial charge in [0.25, 0.3) is 5.91 Å². The van der Waals surface area contributed by atoms with Crippen LogP contribution in [-0.2, 0) is 7.05 Å². The zero-order valence-corrected chi connectivity index (χ0v) is 12.5. The van der Waals surface area contributed by atoms with E-state index in [9.17, 15) is 14.9 Å². The van der Waals surface area contributed by atoms with Crippen molar-refractivity contribution >= 4 is 27.7 Å². The van der Waals surface area contributed by atoms with E-state index in [1.807, 2.05) is 0 Å². The summed E-state index contributed by atoms with van der Waals surface area (Å²) in [5, 5.41) is 10.8. The fourth-order valence-electron chi connectivity index (χ4n) is 2.36. The summed E-state index contributed by atoms with van der Waals surface area (Å²) < 4.78 is 1.34. The molecule has 0 saturated carbocycles. The first-order valence-electron chi connectivity index (χ1n) is 6.15. The van der Waals surface area contributed by atoms with E-state index < -0.39 is 4.92 Å². The van der Waals surface area contributed by atoms with Crippen molar-refractivity contribution in [2.24, 2.45) is 13.0 Å². The van der Waals surface area contributed by atoms with Crippen LogP contribution in [0.4, 0.5) is 5.82 Å². The summed E-state index contributed by atoms with van der Waals surface area (Å²) in [5.41, 5.74) is 0.368. The first kappa shape index (κ1) is 14.0. The highest BCUT2D eigenvalue weighted by Crippen LogP contribution is 2.25. The average Bonchev–Trinajstić information content (AvgIpc) is 2.74. The van der Waals surface area contributed by atoms with Gasteiger partial charge in [0.1, 0.15) is 0 Å². The van der Waals surface area contributed by atoms with Gasteiger partial charge in [-0.05, 0) is 23.3 Å². The number of hydrogen-bond acceptors (Lipinski definition) is 3. The number of alkyl halides is 1. The Hall–Kier alpha value is -1.37. The van der Waals surface area contributed by atoms with Gasteiger partial charge >= 0.3 is 5.82 Å². The molecule has 104 valence electrons. The summed E-state index contributed by atoms with van der Waals surface area (Å²) in [7, 11) is 1.55. The lowest BCUT2D eigenvalue weighted by Gasteiger charge is -2.33. The second-order valence-corrected chi connectivity index (χ2v) is 6.10. The van der Waals surface area contributed by atoms with Crippen LogP contribution in [0, 0.1) is 16.0 Å². The number of rotatable bonds is 2. The Labute approximate surface area is 119 Å². The predicted molar refractivity (Wildman–Crippen MR) is 74.5 cm³/mol. The largest absolute Gasteiger partial charge is 0.358 e. The van der Waals surface area contributed by atoms with Gasteiger partial charge in [-0.15, -0.1) is 0 Å². The minimum Gasteiger partial charge on any atom is -0.358 e. The molecule has 0 N–H and O–H groups in total. The molecule has 7 heteroatoms. The Kier molecular flexibility index (Phi) is 3.93. The van der Waals surface area contributed by atoms with E-state index in [0.29, 0.717) is 29.5 Å². The molecule has 2 heterocycles. The van der Waals surface area contributed by atoms with Crippen molar-refractivity contribution in [1.29, 1.82) is 0 Å². The molecule has 1 aromatic rings. The first-order valence-corrected chi connectivity index (χ1v) is 7.07. The predicted octanol–water partition coefficient (Wildman–Crippen LogP) is 2.18. The van der Waals surface area contributed by atoms with Gasteiger partial charge in [0, 0.05) is 24.0 Å². The molecule has 1 fully saturated rings. The van der Waals surface area contributed by atoms with E-state index in [-0.39, 0.29) is 11.7 Å². The zero-order chi connectivity index (χ0) is 14.2. The SMILES string of the molecule is CC1CN(C(=O)c2ccc([N+](=O)[O-])n2C)CCC1Br. The first-order chi connectivity index (χ1) is 8.91. The lowest BCUT2D eigenvalue weighted by molar-refractivity contribution is -0.391. The summed E-state index contributed by atoms with van der Waals surface area (Å²) in [6, 6.07) is 2.89. The molecule has 1 aliphatic rings. The van der Waals surface area contributed by atoms with Crippen LogP contribution in [0.2, 0.25) is 0 Å². The number of piperidine rings is 1. The summed E-state index contributed by atoms with van der Waals surface area (Å²) in [6.45, 7) is 3.44. The number of aromatic nitrogens is 1. The second-order valence-electron chi connectivity index (χ2n) is 4.93. The van der Waals surface area contributed by atoms with Gasteiger partial charge in [0.2, 0.25) is 0 Å². The van der Waals surface area contributed by atoms with Gasteiger partial charge < -0.3 is 15.0 Å². The van der Waals surface area contributed by atoms with Gasteiger partial charge in [-0.1, -0.05) is 22.9 Å². The fourth-order valence-corrected chi connectivity index (χ4v) is 2.73. The third kappa shape index (κ3) is 2.65. The highest BCUT2D eigenvalue weighted by molar-refractivity contribution is 9.09. The Bertz CT molecular complexity index is 514. The van der Waals surface area contributed by atoms with Crippen molar-refractivity contribution in [2.75, 3.05) is 13.1 Å². The minimum atomic E-state index is -0.482. The molecule has 2 rings (SSSR count). The van der Waals surface area contributed by atoms with Crippen molar-refractivity contribution in [2.45, 2.75) is 18.2 Å². The van der Waals surface area contributed by atoms with Crippen molar-refractivity contribution in [3.8, 4) is 0 Å². The smallest absolute Gasteiger partial charge is 0.323 e. The Morgan fingerprint density at radius 2 is 2.21 bits per heavy atom. The molecule has 1 aliphatic heterocycles. The molecule has 6 nitrogen and oxygen atoms in total. The quantitative estimate of drug-likeness (QED) is 0.474. The molecule has 0 aliphatic carbocycles. The second kappa shape index (κ2) is 5.32. The van der Waals surface area contributed by atoms with Crippen LogP contribution in [-0.4, -0.2) is 38.2 Å². The van der Waals surface area contributed by atoms with Crippen LogP contribution in [0.3, 0.4) is 0 Å². The van der Waals surface area contributed by atoms with Crippen LogP contribution in [0.1, 0.15) is 23.8 Å². The Morgan fingerprint density at radius 3 is 2.74 bits per heavy atom. The van der Waals surface area contributed by atoms with Crippen molar-refractivity contribution in [3.63, 3.8) is 0 Å².